The fourth-order valence-electron chi connectivity index (χ4n) is 1.95. The van der Waals surface area contributed by atoms with Crippen molar-refractivity contribution in [2.45, 2.75) is 26.6 Å². The summed E-state index contributed by atoms with van der Waals surface area (Å²) in [5, 5.41) is 3.31. The number of fused-ring (bicyclic) bond motifs is 1. The van der Waals surface area contributed by atoms with Gasteiger partial charge in [-0.25, -0.2) is 18.7 Å². The van der Waals surface area contributed by atoms with Gasteiger partial charge in [-0.1, -0.05) is 13.8 Å². The van der Waals surface area contributed by atoms with Crippen LogP contribution in [0.4, 0.5) is 14.6 Å². The SMILES string of the molecule is CC.NCC(F)c1nc2c(NCc3ncccc3F)nccc2s1. The summed E-state index contributed by atoms with van der Waals surface area (Å²) in [4.78, 5) is 12.4. The second kappa shape index (κ2) is 8.60. The van der Waals surface area contributed by atoms with Gasteiger partial charge in [0.25, 0.3) is 0 Å². The number of pyridine rings is 2. The van der Waals surface area contributed by atoms with E-state index in [1.54, 1.807) is 12.3 Å². The minimum absolute atomic E-state index is 0.116. The quantitative estimate of drug-likeness (QED) is 0.730. The van der Waals surface area contributed by atoms with E-state index in [4.69, 9.17) is 5.73 Å². The molecule has 0 aromatic carbocycles. The summed E-state index contributed by atoms with van der Waals surface area (Å²) in [6.07, 6.45) is 1.82. The van der Waals surface area contributed by atoms with E-state index in [0.717, 1.165) is 4.70 Å². The third-order valence-electron chi connectivity index (χ3n) is 3.06. The van der Waals surface area contributed by atoms with Crippen molar-refractivity contribution in [3.05, 3.63) is 47.1 Å². The van der Waals surface area contributed by atoms with Crippen molar-refractivity contribution in [1.82, 2.24) is 15.0 Å². The van der Waals surface area contributed by atoms with Gasteiger partial charge in [-0.2, -0.15) is 0 Å². The van der Waals surface area contributed by atoms with Gasteiger partial charge < -0.3 is 11.1 Å². The summed E-state index contributed by atoms with van der Waals surface area (Å²) < 4.78 is 28.0. The van der Waals surface area contributed by atoms with Crippen molar-refractivity contribution in [1.29, 1.82) is 0 Å². The molecule has 0 spiro atoms. The first-order valence-corrected chi connectivity index (χ1v) is 8.43. The first kappa shape index (κ1) is 18.2. The molecule has 1 unspecified atom stereocenters. The molecule has 0 fully saturated rings. The molecule has 0 aliphatic heterocycles. The van der Waals surface area contributed by atoms with Crippen molar-refractivity contribution in [3.63, 3.8) is 0 Å². The number of nitrogens with two attached hydrogens (primary N) is 1. The highest BCUT2D eigenvalue weighted by molar-refractivity contribution is 7.18. The zero-order valence-electron chi connectivity index (χ0n) is 13.5. The van der Waals surface area contributed by atoms with E-state index in [-0.39, 0.29) is 18.8 Å². The van der Waals surface area contributed by atoms with Gasteiger partial charge >= 0.3 is 0 Å². The highest BCUT2D eigenvalue weighted by Crippen LogP contribution is 2.31. The van der Waals surface area contributed by atoms with Gasteiger partial charge in [0.05, 0.1) is 16.9 Å². The van der Waals surface area contributed by atoms with Crippen LogP contribution in [-0.4, -0.2) is 21.5 Å². The van der Waals surface area contributed by atoms with Gasteiger partial charge in [0.1, 0.15) is 16.3 Å². The standard InChI is InChI=1S/C14H13F2N5S.C2H6/c15-8-2-1-4-18-10(8)7-20-13-12-11(3-5-19-13)22-14(21-12)9(16)6-17;1-2/h1-5,9H,6-7,17H2,(H,19,20);1-2H3. The zero-order valence-corrected chi connectivity index (χ0v) is 14.3. The number of nitrogens with one attached hydrogen (secondary N) is 1. The zero-order chi connectivity index (χ0) is 17.5. The molecule has 3 rings (SSSR count). The number of rotatable bonds is 5. The minimum Gasteiger partial charge on any atom is -0.362 e. The molecule has 3 aromatic rings. The monoisotopic (exact) mass is 351 g/mol. The smallest absolute Gasteiger partial charge is 0.164 e. The molecular formula is C16H19F2N5S. The van der Waals surface area contributed by atoms with Crippen LogP contribution in [0.2, 0.25) is 0 Å². The fraction of sp³-hybridized carbons (Fsp3) is 0.312. The molecule has 128 valence electrons. The van der Waals surface area contributed by atoms with Crippen LogP contribution in [0.1, 0.15) is 30.7 Å². The van der Waals surface area contributed by atoms with Gasteiger partial charge in [0.15, 0.2) is 12.0 Å². The molecule has 3 N–H and O–H groups in total. The second-order valence-electron chi connectivity index (χ2n) is 4.55. The Balaban J connectivity index is 0.00000100. The Morgan fingerprint density at radius 1 is 1.25 bits per heavy atom. The maximum atomic E-state index is 13.7. The molecule has 0 amide bonds. The molecule has 0 radical (unpaired) electrons. The Hall–Kier alpha value is -2.19. The number of thiazole rings is 1. The van der Waals surface area contributed by atoms with Gasteiger partial charge in [-0.15, -0.1) is 11.3 Å². The molecule has 0 aliphatic carbocycles. The van der Waals surface area contributed by atoms with Crippen LogP contribution < -0.4 is 11.1 Å². The number of hydrogen-bond acceptors (Lipinski definition) is 6. The number of nitrogens with zero attached hydrogens (tertiary/aromatic N) is 3. The molecule has 0 aliphatic rings. The number of aromatic nitrogens is 3. The third kappa shape index (κ3) is 4.01. The average Bonchev–Trinajstić information content (AvgIpc) is 3.07. The van der Waals surface area contributed by atoms with Crippen LogP contribution in [0.25, 0.3) is 10.2 Å². The van der Waals surface area contributed by atoms with Gasteiger partial charge in [-0.3, -0.25) is 4.98 Å². The highest BCUT2D eigenvalue weighted by atomic mass is 32.1. The topological polar surface area (TPSA) is 76.7 Å². The second-order valence-corrected chi connectivity index (χ2v) is 5.61. The van der Waals surface area contributed by atoms with Crippen LogP contribution >= 0.6 is 11.3 Å². The fourth-order valence-corrected chi connectivity index (χ4v) is 2.91. The van der Waals surface area contributed by atoms with E-state index in [0.29, 0.717) is 16.3 Å². The Labute approximate surface area is 143 Å². The summed E-state index contributed by atoms with van der Waals surface area (Å²) in [6, 6.07) is 4.62. The average molecular weight is 351 g/mol. The molecule has 24 heavy (non-hydrogen) atoms. The van der Waals surface area contributed by atoms with Crippen molar-refractivity contribution in [3.8, 4) is 0 Å². The van der Waals surface area contributed by atoms with Crippen LogP contribution in [0.15, 0.2) is 30.6 Å². The van der Waals surface area contributed by atoms with Gasteiger partial charge in [0.2, 0.25) is 0 Å². The lowest BCUT2D eigenvalue weighted by Crippen LogP contribution is -2.07. The Kier molecular flexibility index (Phi) is 6.51. The molecule has 3 heterocycles. The number of halogens is 2. The highest BCUT2D eigenvalue weighted by Gasteiger charge is 2.16. The number of anilines is 1. The maximum absolute atomic E-state index is 13.7. The van der Waals surface area contributed by atoms with Gasteiger partial charge in [-0.05, 0) is 18.2 Å². The van der Waals surface area contributed by atoms with Crippen LogP contribution in [0.5, 0.6) is 0 Å². The van der Waals surface area contributed by atoms with Crippen molar-refractivity contribution in [2.75, 3.05) is 11.9 Å². The summed E-state index contributed by atoms with van der Waals surface area (Å²) >= 11 is 1.23. The molecule has 0 bridgehead atoms. The molecular weight excluding hydrogens is 332 g/mol. The predicted molar refractivity (Wildman–Crippen MR) is 93.2 cm³/mol. The molecule has 1 atom stereocenters. The van der Waals surface area contributed by atoms with E-state index in [9.17, 15) is 8.78 Å². The van der Waals surface area contributed by atoms with E-state index in [2.05, 4.69) is 20.3 Å². The third-order valence-corrected chi connectivity index (χ3v) is 4.16. The molecule has 0 saturated carbocycles. The molecule has 8 heteroatoms. The largest absolute Gasteiger partial charge is 0.362 e. The first-order chi connectivity index (χ1) is 11.7. The molecule has 0 saturated heterocycles. The summed E-state index contributed by atoms with van der Waals surface area (Å²) in [5.74, 6) is 0.0716. The molecule has 5 nitrogen and oxygen atoms in total. The normalized spacial score (nSPS) is 11.7. The lowest BCUT2D eigenvalue weighted by Gasteiger charge is -2.06. The van der Waals surface area contributed by atoms with Crippen molar-refractivity contribution in [2.24, 2.45) is 5.73 Å². The van der Waals surface area contributed by atoms with Crippen LogP contribution in [-0.2, 0) is 6.54 Å². The Bertz CT molecular complexity index is 793. The van der Waals surface area contributed by atoms with E-state index in [1.807, 2.05) is 13.8 Å². The van der Waals surface area contributed by atoms with Crippen molar-refractivity contribution >= 4 is 27.4 Å². The Morgan fingerprint density at radius 2 is 2.04 bits per heavy atom. The van der Waals surface area contributed by atoms with E-state index < -0.39 is 12.0 Å². The minimum atomic E-state index is -1.29. The van der Waals surface area contributed by atoms with Crippen LogP contribution in [0, 0.1) is 5.82 Å². The van der Waals surface area contributed by atoms with E-state index >= 15 is 0 Å². The summed E-state index contributed by atoms with van der Waals surface area (Å²) in [7, 11) is 0. The lowest BCUT2D eigenvalue weighted by molar-refractivity contribution is 0.352. The Morgan fingerprint density at radius 3 is 2.75 bits per heavy atom. The van der Waals surface area contributed by atoms with E-state index in [1.165, 1.54) is 29.7 Å². The van der Waals surface area contributed by atoms with Gasteiger partial charge in [0, 0.05) is 18.9 Å². The van der Waals surface area contributed by atoms with Crippen LogP contribution in [0.3, 0.4) is 0 Å². The predicted octanol–water partition coefficient (Wildman–Crippen LogP) is 3.83. The summed E-state index contributed by atoms with van der Waals surface area (Å²) in [5.41, 5.74) is 6.16. The van der Waals surface area contributed by atoms with Crippen molar-refractivity contribution < 1.29 is 8.78 Å². The number of hydrogen-bond donors (Lipinski definition) is 2. The first-order valence-electron chi connectivity index (χ1n) is 7.62. The summed E-state index contributed by atoms with van der Waals surface area (Å²) in [6.45, 7) is 4.05. The maximum Gasteiger partial charge on any atom is 0.164 e. The number of alkyl halides is 1. The lowest BCUT2D eigenvalue weighted by atomic mass is 10.3. The molecule has 3 aromatic heterocycles.